The van der Waals surface area contributed by atoms with E-state index in [2.05, 4.69) is 4.74 Å². The molecule has 0 aliphatic carbocycles. The molecule has 7 heteroatoms. The molecule has 25 heavy (non-hydrogen) atoms. The summed E-state index contributed by atoms with van der Waals surface area (Å²) in [5, 5.41) is 0.179. The van der Waals surface area contributed by atoms with Crippen LogP contribution in [0, 0.1) is 0 Å². The fourth-order valence-electron chi connectivity index (χ4n) is 2.92. The molecule has 0 saturated carbocycles. The van der Waals surface area contributed by atoms with Crippen LogP contribution in [0.15, 0.2) is 27.4 Å². The van der Waals surface area contributed by atoms with Gasteiger partial charge >= 0.3 is 5.97 Å². The minimum atomic E-state index is -0.616. The number of Topliss-reactive ketones (excluding diaryl/α,β-unsaturated/α-hetero) is 1. The number of benzene rings is 1. The molecule has 1 saturated heterocycles. The lowest BCUT2D eigenvalue weighted by Gasteiger charge is -2.31. The first-order valence-corrected chi connectivity index (χ1v) is 7.98. The number of carbonyl (C=O) groups is 2. The zero-order chi connectivity index (χ0) is 18.1. The van der Waals surface area contributed by atoms with Crippen LogP contribution in [-0.2, 0) is 9.47 Å². The van der Waals surface area contributed by atoms with E-state index in [4.69, 9.17) is 9.15 Å². The van der Waals surface area contributed by atoms with E-state index in [1.54, 1.807) is 0 Å². The Bertz CT molecular complexity index is 900. The Morgan fingerprint density at radius 1 is 1.28 bits per heavy atom. The topological polar surface area (TPSA) is 86.1 Å². The predicted molar refractivity (Wildman–Crippen MR) is 91.5 cm³/mol. The Balaban J connectivity index is 2.19. The van der Waals surface area contributed by atoms with Crippen molar-refractivity contribution in [3.8, 4) is 0 Å². The lowest BCUT2D eigenvalue weighted by Crippen LogP contribution is -2.41. The standard InChI is InChI=1S/C18H19NO6/c1-10-9-19(4-5-24-10)16-8-15(21)14-7-12(18(22)23-3)6-13(11(2)20)17(14)25-16/h6-8,10H,4-5,9H2,1-3H3. The first kappa shape index (κ1) is 17.2. The number of hydrogen-bond donors (Lipinski definition) is 0. The third kappa shape index (κ3) is 3.28. The molecule has 1 aliphatic heterocycles. The smallest absolute Gasteiger partial charge is 0.337 e. The molecule has 0 bridgehead atoms. The lowest BCUT2D eigenvalue weighted by atomic mass is 10.0. The van der Waals surface area contributed by atoms with Crippen molar-refractivity contribution >= 4 is 28.6 Å². The molecule has 0 radical (unpaired) electrons. The van der Waals surface area contributed by atoms with Gasteiger partial charge in [0.15, 0.2) is 22.7 Å². The van der Waals surface area contributed by atoms with Gasteiger partial charge in [0.2, 0.25) is 0 Å². The lowest BCUT2D eigenvalue weighted by molar-refractivity contribution is 0.0517. The van der Waals surface area contributed by atoms with Crippen LogP contribution in [0.2, 0.25) is 0 Å². The monoisotopic (exact) mass is 345 g/mol. The Labute approximate surface area is 144 Å². The molecule has 1 aromatic carbocycles. The maximum Gasteiger partial charge on any atom is 0.337 e. The van der Waals surface area contributed by atoms with Crippen molar-refractivity contribution in [2.45, 2.75) is 20.0 Å². The molecule has 0 N–H and O–H groups in total. The number of morpholine rings is 1. The number of nitrogens with zero attached hydrogens (tertiary/aromatic N) is 1. The molecule has 7 nitrogen and oxygen atoms in total. The zero-order valence-electron chi connectivity index (χ0n) is 14.3. The average Bonchev–Trinajstić information content (AvgIpc) is 2.60. The van der Waals surface area contributed by atoms with E-state index in [1.165, 1.54) is 32.2 Å². The van der Waals surface area contributed by atoms with Gasteiger partial charge in [-0.2, -0.15) is 0 Å². The van der Waals surface area contributed by atoms with Crippen molar-refractivity contribution in [3.63, 3.8) is 0 Å². The van der Waals surface area contributed by atoms with Crippen LogP contribution in [-0.4, -0.2) is 44.7 Å². The summed E-state index contributed by atoms with van der Waals surface area (Å²) in [5.74, 6) is -0.526. The van der Waals surface area contributed by atoms with Crippen molar-refractivity contribution in [1.29, 1.82) is 0 Å². The minimum Gasteiger partial charge on any atom is -0.465 e. The SMILES string of the molecule is COC(=O)c1cc(C(C)=O)c2oc(N3CCOC(C)C3)cc(=O)c2c1. The predicted octanol–water partition coefficient (Wildman–Crippen LogP) is 2.01. The van der Waals surface area contributed by atoms with E-state index < -0.39 is 5.97 Å². The molecule has 1 fully saturated rings. The van der Waals surface area contributed by atoms with Gasteiger partial charge in [-0.25, -0.2) is 4.79 Å². The van der Waals surface area contributed by atoms with Crippen molar-refractivity contribution < 1.29 is 23.5 Å². The number of carbonyl (C=O) groups excluding carboxylic acids is 2. The third-order valence-electron chi connectivity index (χ3n) is 4.17. The Kier molecular flexibility index (Phi) is 4.59. The average molecular weight is 345 g/mol. The molecule has 0 amide bonds. The Morgan fingerprint density at radius 2 is 2.04 bits per heavy atom. The molecule has 1 atom stereocenters. The summed E-state index contributed by atoms with van der Waals surface area (Å²) >= 11 is 0. The van der Waals surface area contributed by atoms with E-state index in [9.17, 15) is 14.4 Å². The molecule has 1 unspecified atom stereocenters. The summed E-state index contributed by atoms with van der Waals surface area (Å²) in [6.07, 6.45) is 0.0173. The zero-order valence-corrected chi connectivity index (χ0v) is 14.3. The maximum atomic E-state index is 12.6. The molecule has 2 heterocycles. The van der Waals surface area contributed by atoms with Crippen LogP contribution in [0.5, 0.6) is 0 Å². The molecule has 132 valence electrons. The highest BCUT2D eigenvalue weighted by Gasteiger charge is 2.22. The quantitative estimate of drug-likeness (QED) is 0.621. The van der Waals surface area contributed by atoms with Gasteiger partial charge in [-0.3, -0.25) is 9.59 Å². The van der Waals surface area contributed by atoms with E-state index in [0.29, 0.717) is 25.6 Å². The summed E-state index contributed by atoms with van der Waals surface area (Å²) in [6.45, 7) is 5.01. The molecule has 1 aliphatic rings. The first-order chi connectivity index (χ1) is 11.9. The second-order valence-corrected chi connectivity index (χ2v) is 6.02. The number of esters is 1. The van der Waals surface area contributed by atoms with Gasteiger partial charge in [-0.1, -0.05) is 0 Å². The number of anilines is 1. The number of ketones is 1. The second kappa shape index (κ2) is 6.68. The highest BCUT2D eigenvalue weighted by atomic mass is 16.5. The van der Waals surface area contributed by atoms with E-state index in [1.807, 2.05) is 11.8 Å². The fourth-order valence-corrected chi connectivity index (χ4v) is 2.92. The summed E-state index contributed by atoms with van der Waals surface area (Å²) in [5.41, 5.74) is 0.184. The highest BCUT2D eigenvalue weighted by Crippen LogP contribution is 2.26. The number of ether oxygens (including phenoxy) is 2. The van der Waals surface area contributed by atoms with Crippen LogP contribution in [0.25, 0.3) is 11.0 Å². The molecule has 2 aromatic rings. The number of hydrogen-bond acceptors (Lipinski definition) is 7. The minimum absolute atomic E-state index is 0.0173. The maximum absolute atomic E-state index is 12.6. The third-order valence-corrected chi connectivity index (χ3v) is 4.17. The van der Waals surface area contributed by atoms with Gasteiger partial charge in [0, 0.05) is 19.2 Å². The van der Waals surface area contributed by atoms with Crippen molar-refractivity contribution in [1.82, 2.24) is 0 Å². The molecular formula is C18H19NO6. The van der Waals surface area contributed by atoms with Gasteiger partial charge in [-0.05, 0) is 26.0 Å². The van der Waals surface area contributed by atoms with Gasteiger partial charge in [0.25, 0.3) is 0 Å². The van der Waals surface area contributed by atoms with Crippen LogP contribution >= 0.6 is 0 Å². The van der Waals surface area contributed by atoms with Crippen LogP contribution in [0.3, 0.4) is 0 Å². The molecule has 0 spiro atoms. The van der Waals surface area contributed by atoms with Crippen molar-refractivity contribution in [3.05, 3.63) is 39.5 Å². The van der Waals surface area contributed by atoms with Crippen LogP contribution < -0.4 is 10.3 Å². The van der Waals surface area contributed by atoms with Gasteiger partial charge in [-0.15, -0.1) is 0 Å². The van der Waals surface area contributed by atoms with E-state index in [0.717, 1.165) is 0 Å². The molecule has 3 rings (SSSR count). The largest absolute Gasteiger partial charge is 0.465 e. The summed E-state index contributed by atoms with van der Waals surface area (Å²) in [6, 6.07) is 4.17. The Hall–Kier alpha value is -2.67. The first-order valence-electron chi connectivity index (χ1n) is 7.98. The van der Waals surface area contributed by atoms with E-state index in [-0.39, 0.29) is 39.4 Å². The van der Waals surface area contributed by atoms with Crippen molar-refractivity contribution in [2.24, 2.45) is 0 Å². The van der Waals surface area contributed by atoms with Gasteiger partial charge < -0.3 is 18.8 Å². The second-order valence-electron chi connectivity index (χ2n) is 6.02. The van der Waals surface area contributed by atoms with Crippen LogP contribution in [0.1, 0.15) is 34.6 Å². The Morgan fingerprint density at radius 3 is 2.68 bits per heavy atom. The summed E-state index contributed by atoms with van der Waals surface area (Å²) in [4.78, 5) is 38.3. The fraction of sp³-hybridized carbons (Fsp3) is 0.389. The summed E-state index contributed by atoms with van der Waals surface area (Å²) < 4.78 is 16.1. The van der Waals surface area contributed by atoms with Crippen LogP contribution in [0.4, 0.5) is 5.88 Å². The van der Waals surface area contributed by atoms with Gasteiger partial charge in [0.05, 0.1) is 36.3 Å². The van der Waals surface area contributed by atoms with Gasteiger partial charge in [0.1, 0.15) is 0 Å². The number of rotatable bonds is 3. The molecular weight excluding hydrogens is 326 g/mol. The van der Waals surface area contributed by atoms with Crippen molar-refractivity contribution in [2.75, 3.05) is 31.7 Å². The van der Waals surface area contributed by atoms with E-state index >= 15 is 0 Å². The normalized spacial score (nSPS) is 17.6. The summed E-state index contributed by atoms with van der Waals surface area (Å²) in [7, 11) is 1.24. The number of fused-ring (bicyclic) bond motifs is 1. The molecule has 1 aromatic heterocycles. The highest BCUT2D eigenvalue weighted by molar-refractivity contribution is 6.08. The number of methoxy groups -OCH3 is 1.